The van der Waals surface area contributed by atoms with Crippen molar-refractivity contribution in [2.75, 3.05) is 6.61 Å². The highest BCUT2D eigenvalue weighted by molar-refractivity contribution is 7.14. The minimum Gasteiger partial charge on any atom is -0.493 e. The third-order valence-corrected chi connectivity index (χ3v) is 3.77. The van der Waals surface area contributed by atoms with E-state index in [4.69, 9.17) is 10.5 Å². The Labute approximate surface area is 102 Å². The number of thiazole rings is 1. The van der Waals surface area contributed by atoms with Crippen LogP contribution in [0.5, 0.6) is 5.75 Å². The van der Waals surface area contributed by atoms with E-state index < -0.39 is 5.91 Å². The molecule has 0 saturated heterocycles. The summed E-state index contributed by atoms with van der Waals surface area (Å²) in [6, 6.07) is 7.71. The SMILES string of the molecule is NC(=O)c1nc2c(s1)CCOc1ccccc1-2. The lowest BCUT2D eigenvalue weighted by Gasteiger charge is -2.05. The van der Waals surface area contributed by atoms with Crippen molar-refractivity contribution in [3.63, 3.8) is 0 Å². The first-order valence-corrected chi connectivity index (χ1v) is 6.09. The van der Waals surface area contributed by atoms with E-state index in [0.29, 0.717) is 11.6 Å². The van der Waals surface area contributed by atoms with Gasteiger partial charge in [-0.2, -0.15) is 0 Å². The maximum Gasteiger partial charge on any atom is 0.277 e. The number of nitrogens with zero attached hydrogens (tertiary/aromatic N) is 1. The summed E-state index contributed by atoms with van der Waals surface area (Å²) in [5, 5.41) is 0.367. The topological polar surface area (TPSA) is 65.2 Å². The average Bonchev–Trinajstić information content (AvgIpc) is 2.67. The Hall–Kier alpha value is -1.88. The van der Waals surface area contributed by atoms with Crippen LogP contribution in [0.2, 0.25) is 0 Å². The first-order chi connectivity index (χ1) is 8.25. The summed E-state index contributed by atoms with van der Waals surface area (Å²) in [5.41, 5.74) is 7.03. The van der Waals surface area contributed by atoms with Crippen molar-refractivity contribution < 1.29 is 9.53 Å². The van der Waals surface area contributed by atoms with Gasteiger partial charge in [0.2, 0.25) is 0 Å². The lowest BCUT2D eigenvalue weighted by molar-refractivity contribution is 0.1000. The van der Waals surface area contributed by atoms with Crippen molar-refractivity contribution in [2.45, 2.75) is 6.42 Å². The minimum absolute atomic E-state index is 0.367. The van der Waals surface area contributed by atoms with Crippen molar-refractivity contribution in [1.82, 2.24) is 4.98 Å². The van der Waals surface area contributed by atoms with Gasteiger partial charge in [0.15, 0.2) is 5.01 Å². The van der Waals surface area contributed by atoms with Crippen molar-refractivity contribution in [1.29, 1.82) is 0 Å². The van der Waals surface area contributed by atoms with Crippen LogP contribution >= 0.6 is 11.3 Å². The lowest BCUT2D eigenvalue weighted by Crippen LogP contribution is -2.10. The van der Waals surface area contributed by atoms with Gasteiger partial charge in [0.05, 0.1) is 12.3 Å². The molecule has 0 fully saturated rings. The fourth-order valence-corrected chi connectivity index (χ4v) is 2.79. The molecule has 0 aliphatic carbocycles. The lowest BCUT2D eigenvalue weighted by atomic mass is 10.1. The number of primary amides is 1. The summed E-state index contributed by atoms with van der Waals surface area (Å²) >= 11 is 1.35. The Bertz CT molecular complexity index is 592. The maximum absolute atomic E-state index is 11.2. The zero-order valence-electron chi connectivity index (χ0n) is 8.97. The fourth-order valence-electron chi connectivity index (χ4n) is 1.88. The largest absolute Gasteiger partial charge is 0.493 e. The number of carbonyl (C=O) groups is 1. The fraction of sp³-hybridized carbons (Fsp3) is 0.167. The first-order valence-electron chi connectivity index (χ1n) is 5.27. The second-order valence-corrected chi connectivity index (χ2v) is 4.83. The van der Waals surface area contributed by atoms with Crippen LogP contribution in [0.3, 0.4) is 0 Å². The number of nitrogens with two attached hydrogens (primary N) is 1. The second-order valence-electron chi connectivity index (χ2n) is 3.75. The van der Waals surface area contributed by atoms with Crippen LogP contribution in [0.4, 0.5) is 0 Å². The van der Waals surface area contributed by atoms with E-state index in [2.05, 4.69) is 4.98 Å². The van der Waals surface area contributed by atoms with E-state index in [9.17, 15) is 4.79 Å². The van der Waals surface area contributed by atoms with E-state index >= 15 is 0 Å². The van der Waals surface area contributed by atoms with E-state index in [0.717, 1.165) is 28.3 Å². The smallest absolute Gasteiger partial charge is 0.277 e. The zero-order valence-corrected chi connectivity index (χ0v) is 9.79. The van der Waals surface area contributed by atoms with Gasteiger partial charge in [0.1, 0.15) is 5.75 Å². The number of fused-ring (bicyclic) bond motifs is 3. The zero-order chi connectivity index (χ0) is 11.8. The summed E-state index contributed by atoms with van der Waals surface area (Å²) < 4.78 is 5.64. The summed E-state index contributed by atoms with van der Waals surface area (Å²) in [4.78, 5) is 16.5. The highest BCUT2D eigenvalue weighted by Gasteiger charge is 2.21. The molecule has 5 heteroatoms. The molecule has 0 spiro atoms. The number of para-hydroxylation sites is 1. The second kappa shape index (κ2) is 3.85. The molecule has 1 aliphatic rings. The Morgan fingerprint density at radius 1 is 1.41 bits per heavy atom. The average molecular weight is 246 g/mol. The van der Waals surface area contributed by atoms with E-state index in [1.807, 2.05) is 24.3 Å². The summed E-state index contributed by atoms with van der Waals surface area (Å²) in [5.74, 6) is 0.342. The molecule has 0 saturated carbocycles. The molecule has 1 aromatic heterocycles. The summed E-state index contributed by atoms with van der Waals surface area (Å²) in [6.45, 7) is 0.602. The Morgan fingerprint density at radius 3 is 3.06 bits per heavy atom. The van der Waals surface area contributed by atoms with Gasteiger partial charge in [0.25, 0.3) is 5.91 Å². The number of ether oxygens (including phenoxy) is 1. The Kier molecular flexibility index (Phi) is 2.33. The molecule has 3 rings (SSSR count). The molecule has 0 unspecified atom stereocenters. The van der Waals surface area contributed by atoms with Crippen LogP contribution in [-0.2, 0) is 6.42 Å². The summed E-state index contributed by atoms with van der Waals surface area (Å²) in [6.07, 6.45) is 0.759. The normalized spacial score (nSPS) is 13.2. The third kappa shape index (κ3) is 1.68. The van der Waals surface area contributed by atoms with Gasteiger partial charge in [-0.1, -0.05) is 12.1 Å². The molecule has 1 amide bonds. The molecule has 0 atom stereocenters. The molecule has 2 N–H and O–H groups in total. The van der Waals surface area contributed by atoms with Crippen molar-refractivity contribution in [2.24, 2.45) is 5.73 Å². The number of hydrogen-bond donors (Lipinski definition) is 1. The number of aromatic nitrogens is 1. The van der Waals surface area contributed by atoms with Crippen LogP contribution in [0, 0.1) is 0 Å². The van der Waals surface area contributed by atoms with Crippen LogP contribution in [0.25, 0.3) is 11.3 Å². The van der Waals surface area contributed by atoms with Gasteiger partial charge in [-0.25, -0.2) is 4.98 Å². The minimum atomic E-state index is -0.471. The Balaban J connectivity index is 2.21. The van der Waals surface area contributed by atoms with Gasteiger partial charge < -0.3 is 10.5 Å². The monoisotopic (exact) mass is 246 g/mol. The van der Waals surface area contributed by atoms with Crippen molar-refractivity contribution in [3.05, 3.63) is 34.2 Å². The van der Waals surface area contributed by atoms with Gasteiger partial charge in [0, 0.05) is 16.9 Å². The highest BCUT2D eigenvalue weighted by Crippen LogP contribution is 2.36. The molecule has 2 aromatic rings. The molecule has 2 heterocycles. The Morgan fingerprint density at radius 2 is 2.24 bits per heavy atom. The third-order valence-electron chi connectivity index (χ3n) is 2.64. The van der Waals surface area contributed by atoms with Crippen LogP contribution in [-0.4, -0.2) is 17.5 Å². The van der Waals surface area contributed by atoms with Gasteiger partial charge in [-0.05, 0) is 12.1 Å². The van der Waals surface area contributed by atoms with Gasteiger partial charge >= 0.3 is 0 Å². The molecule has 0 radical (unpaired) electrons. The molecule has 1 aliphatic heterocycles. The van der Waals surface area contributed by atoms with Crippen molar-refractivity contribution >= 4 is 17.2 Å². The van der Waals surface area contributed by atoms with Gasteiger partial charge in [-0.3, -0.25) is 4.79 Å². The predicted molar refractivity (Wildman–Crippen MR) is 65.3 cm³/mol. The molecule has 0 bridgehead atoms. The number of hydrogen-bond acceptors (Lipinski definition) is 4. The van der Waals surface area contributed by atoms with E-state index in [-0.39, 0.29) is 0 Å². The van der Waals surface area contributed by atoms with E-state index in [1.54, 1.807) is 0 Å². The molecule has 86 valence electrons. The van der Waals surface area contributed by atoms with Crippen LogP contribution in [0.15, 0.2) is 24.3 Å². The predicted octanol–water partition coefficient (Wildman–Crippen LogP) is 1.84. The molecule has 4 nitrogen and oxygen atoms in total. The molecular formula is C12H10N2O2S. The molecule has 1 aromatic carbocycles. The molecule has 17 heavy (non-hydrogen) atoms. The van der Waals surface area contributed by atoms with Gasteiger partial charge in [-0.15, -0.1) is 11.3 Å². The number of benzene rings is 1. The number of carbonyl (C=O) groups excluding carboxylic acids is 1. The summed E-state index contributed by atoms with van der Waals surface area (Å²) in [7, 11) is 0. The van der Waals surface area contributed by atoms with Crippen LogP contribution in [0.1, 0.15) is 14.7 Å². The highest BCUT2D eigenvalue weighted by atomic mass is 32.1. The van der Waals surface area contributed by atoms with Crippen molar-refractivity contribution in [3.8, 4) is 17.0 Å². The number of amides is 1. The van der Waals surface area contributed by atoms with Crippen LogP contribution < -0.4 is 10.5 Å². The quantitative estimate of drug-likeness (QED) is 0.835. The van der Waals surface area contributed by atoms with E-state index in [1.165, 1.54) is 11.3 Å². The standard InChI is InChI=1S/C12H10N2O2S/c13-11(15)12-14-10-7-3-1-2-4-8(7)16-6-5-9(10)17-12/h1-4H,5-6H2,(H2,13,15). The number of rotatable bonds is 1. The maximum atomic E-state index is 11.2. The molecular weight excluding hydrogens is 236 g/mol. The first kappa shape index (κ1) is 10.3.